The molecule has 0 heterocycles. The van der Waals surface area contributed by atoms with E-state index in [-0.39, 0.29) is 12.1 Å². The molecule has 0 saturated carbocycles. The standard InChI is InChI=1S/C17H18ClN3O2/c1-11(14-8-3-4-9-15(14)18)21(2)17(23)20-13-7-5-6-12(10-13)16(19)22/h3-11H,1-2H3,(H2,19,22)(H,20,23)/t11-/m0/s1. The number of nitrogens with one attached hydrogen (secondary N) is 1. The Morgan fingerprint density at radius 2 is 1.87 bits per heavy atom. The summed E-state index contributed by atoms with van der Waals surface area (Å²) < 4.78 is 0. The fourth-order valence-electron chi connectivity index (χ4n) is 2.16. The van der Waals surface area contributed by atoms with Gasteiger partial charge in [-0.05, 0) is 36.8 Å². The Hall–Kier alpha value is -2.53. The molecule has 2 aromatic carbocycles. The molecule has 2 aromatic rings. The predicted molar refractivity (Wildman–Crippen MR) is 91.6 cm³/mol. The summed E-state index contributed by atoms with van der Waals surface area (Å²) in [6, 6.07) is 13.4. The summed E-state index contributed by atoms with van der Waals surface area (Å²) in [7, 11) is 1.68. The third-order valence-corrected chi connectivity index (χ3v) is 4.00. The summed E-state index contributed by atoms with van der Waals surface area (Å²) in [5, 5.41) is 3.35. The molecule has 23 heavy (non-hydrogen) atoms. The molecule has 0 fully saturated rings. The molecule has 5 nitrogen and oxygen atoms in total. The van der Waals surface area contributed by atoms with Gasteiger partial charge in [0.25, 0.3) is 0 Å². The number of primary amides is 1. The van der Waals surface area contributed by atoms with Crippen molar-refractivity contribution in [3.8, 4) is 0 Å². The van der Waals surface area contributed by atoms with Crippen molar-refractivity contribution in [2.45, 2.75) is 13.0 Å². The normalized spacial score (nSPS) is 11.6. The van der Waals surface area contributed by atoms with Gasteiger partial charge >= 0.3 is 6.03 Å². The third-order valence-electron chi connectivity index (χ3n) is 3.65. The van der Waals surface area contributed by atoms with E-state index >= 15 is 0 Å². The number of amides is 3. The van der Waals surface area contributed by atoms with E-state index in [4.69, 9.17) is 17.3 Å². The van der Waals surface area contributed by atoms with Gasteiger partial charge in [0.15, 0.2) is 0 Å². The summed E-state index contributed by atoms with van der Waals surface area (Å²) in [5.41, 5.74) is 6.94. The zero-order valence-electron chi connectivity index (χ0n) is 12.9. The number of anilines is 1. The van der Waals surface area contributed by atoms with Crippen LogP contribution in [0.3, 0.4) is 0 Å². The van der Waals surface area contributed by atoms with Gasteiger partial charge in [-0.2, -0.15) is 0 Å². The molecule has 2 rings (SSSR count). The van der Waals surface area contributed by atoms with E-state index in [0.29, 0.717) is 16.3 Å². The minimum Gasteiger partial charge on any atom is -0.366 e. The van der Waals surface area contributed by atoms with Gasteiger partial charge in [-0.25, -0.2) is 4.79 Å². The second kappa shape index (κ2) is 7.15. The zero-order chi connectivity index (χ0) is 17.0. The molecule has 0 aliphatic carbocycles. The van der Waals surface area contributed by atoms with Crippen LogP contribution in [-0.2, 0) is 0 Å². The molecule has 0 bridgehead atoms. The fraction of sp³-hybridized carbons (Fsp3) is 0.176. The number of carbonyl (C=O) groups is 2. The number of nitrogens with two attached hydrogens (primary N) is 1. The summed E-state index contributed by atoms with van der Waals surface area (Å²) in [5.74, 6) is -0.543. The first-order valence-electron chi connectivity index (χ1n) is 7.08. The van der Waals surface area contributed by atoms with Crippen molar-refractivity contribution in [3.05, 3.63) is 64.7 Å². The van der Waals surface area contributed by atoms with Crippen molar-refractivity contribution in [1.29, 1.82) is 0 Å². The first-order chi connectivity index (χ1) is 10.9. The van der Waals surface area contributed by atoms with Gasteiger partial charge in [-0.1, -0.05) is 35.9 Å². The van der Waals surface area contributed by atoms with Crippen molar-refractivity contribution in [2.24, 2.45) is 5.73 Å². The molecule has 0 saturated heterocycles. The number of carbonyl (C=O) groups excluding carboxylic acids is 2. The maximum atomic E-state index is 12.4. The minimum atomic E-state index is -0.543. The summed E-state index contributed by atoms with van der Waals surface area (Å²) >= 11 is 6.17. The SMILES string of the molecule is C[C@@H](c1ccccc1Cl)N(C)C(=O)Nc1cccc(C(N)=O)c1. The number of hydrogen-bond donors (Lipinski definition) is 2. The Bertz CT molecular complexity index is 733. The van der Waals surface area contributed by atoms with Crippen LogP contribution in [-0.4, -0.2) is 23.9 Å². The average Bonchev–Trinajstić information content (AvgIpc) is 2.54. The summed E-state index contributed by atoms with van der Waals surface area (Å²) in [6.45, 7) is 1.89. The van der Waals surface area contributed by atoms with Crippen LogP contribution in [0.5, 0.6) is 0 Å². The zero-order valence-corrected chi connectivity index (χ0v) is 13.7. The van der Waals surface area contributed by atoms with Crippen LogP contribution in [0.2, 0.25) is 5.02 Å². The number of rotatable bonds is 4. The predicted octanol–water partition coefficient (Wildman–Crippen LogP) is 3.66. The Labute approximate surface area is 140 Å². The van der Waals surface area contributed by atoms with E-state index in [1.807, 2.05) is 25.1 Å². The highest BCUT2D eigenvalue weighted by molar-refractivity contribution is 6.31. The van der Waals surface area contributed by atoms with Crippen LogP contribution in [0.4, 0.5) is 10.5 Å². The first kappa shape index (κ1) is 16.8. The fourth-order valence-corrected chi connectivity index (χ4v) is 2.45. The molecular weight excluding hydrogens is 314 g/mol. The molecule has 120 valence electrons. The van der Waals surface area contributed by atoms with Crippen LogP contribution in [0, 0.1) is 0 Å². The molecule has 3 amide bonds. The molecular formula is C17H18ClN3O2. The van der Waals surface area contributed by atoms with Crippen LogP contribution in [0.1, 0.15) is 28.9 Å². The van der Waals surface area contributed by atoms with Crippen LogP contribution >= 0.6 is 11.6 Å². The average molecular weight is 332 g/mol. The van der Waals surface area contributed by atoms with E-state index in [2.05, 4.69) is 5.32 Å². The highest BCUT2D eigenvalue weighted by Gasteiger charge is 2.19. The van der Waals surface area contributed by atoms with Gasteiger partial charge in [0, 0.05) is 23.3 Å². The molecule has 3 N–H and O–H groups in total. The Morgan fingerprint density at radius 3 is 2.52 bits per heavy atom. The highest BCUT2D eigenvalue weighted by Crippen LogP contribution is 2.26. The highest BCUT2D eigenvalue weighted by atomic mass is 35.5. The van der Waals surface area contributed by atoms with E-state index in [9.17, 15) is 9.59 Å². The lowest BCUT2D eigenvalue weighted by molar-refractivity contribution is 0.1000. The van der Waals surface area contributed by atoms with Crippen LogP contribution in [0.25, 0.3) is 0 Å². The van der Waals surface area contributed by atoms with Gasteiger partial charge in [-0.3, -0.25) is 4.79 Å². The largest absolute Gasteiger partial charge is 0.366 e. The lowest BCUT2D eigenvalue weighted by Gasteiger charge is -2.26. The van der Waals surface area contributed by atoms with Gasteiger partial charge in [0.2, 0.25) is 5.91 Å². The second-order valence-corrected chi connectivity index (χ2v) is 5.59. The number of nitrogens with zero attached hydrogens (tertiary/aromatic N) is 1. The van der Waals surface area contributed by atoms with Crippen molar-refractivity contribution < 1.29 is 9.59 Å². The number of hydrogen-bond acceptors (Lipinski definition) is 2. The van der Waals surface area contributed by atoms with E-state index in [1.165, 1.54) is 11.0 Å². The molecule has 6 heteroatoms. The van der Waals surface area contributed by atoms with Gasteiger partial charge < -0.3 is 16.0 Å². The summed E-state index contributed by atoms with van der Waals surface area (Å²) in [4.78, 5) is 25.1. The number of benzene rings is 2. The Morgan fingerprint density at radius 1 is 1.17 bits per heavy atom. The minimum absolute atomic E-state index is 0.206. The maximum absolute atomic E-state index is 12.4. The Balaban J connectivity index is 2.12. The maximum Gasteiger partial charge on any atom is 0.322 e. The Kier molecular flexibility index (Phi) is 5.24. The molecule has 0 aliphatic rings. The lowest BCUT2D eigenvalue weighted by Crippen LogP contribution is -2.33. The lowest BCUT2D eigenvalue weighted by atomic mass is 10.1. The van der Waals surface area contributed by atoms with E-state index in [0.717, 1.165) is 5.56 Å². The molecule has 1 atom stereocenters. The van der Waals surface area contributed by atoms with Crippen molar-refractivity contribution in [1.82, 2.24) is 4.90 Å². The van der Waals surface area contributed by atoms with Crippen LogP contribution in [0.15, 0.2) is 48.5 Å². The van der Waals surface area contributed by atoms with Crippen molar-refractivity contribution >= 4 is 29.2 Å². The van der Waals surface area contributed by atoms with Gasteiger partial charge in [0.05, 0.1) is 6.04 Å². The smallest absolute Gasteiger partial charge is 0.322 e. The topological polar surface area (TPSA) is 75.4 Å². The van der Waals surface area contributed by atoms with E-state index in [1.54, 1.807) is 31.3 Å². The molecule has 0 unspecified atom stereocenters. The van der Waals surface area contributed by atoms with Crippen molar-refractivity contribution in [2.75, 3.05) is 12.4 Å². The molecule has 0 aromatic heterocycles. The van der Waals surface area contributed by atoms with Crippen LogP contribution < -0.4 is 11.1 Å². The monoisotopic (exact) mass is 331 g/mol. The number of urea groups is 1. The second-order valence-electron chi connectivity index (χ2n) is 5.18. The quantitative estimate of drug-likeness (QED) is 0.897. The third kappa shape index (κ3) is 4.02. The molecule has 0 aliphatic heterocycles. The summed E-state index contributed by atoms with van der Waals surface area (Å²) in [6.07, 6.45) is 0. The molecule has 0 spiro atoms. The number of halogens is 1. The first-order valence-corrected chi connectivity index (χ1v) is 7.46. The van der Waals surface area contributed by atoms with Gasteiger partial charge in [-0.15, -0.1) is 0 Å². The van der Waals surface area contributed by atoms with Crippen molar-refractivity contribution in [3.63, 3.8) is 0 Å². The van der Waals surface area contributed by atoms with Gasteiger partial charge in [0.1, 0.15) is 0 Å². The van der Waals surface area contributed by atoms with E-state index < -0.39 is 5.91 Å². The molecule has 0 radical (unpaired) electrons.